The zero-order chi connectivity index (χ0) is 12.2. The van der Waals surface area contributed by atoms with Crippen LogP contribution in [0.2, 0.25) is 0 Å². The molecule has 86 valence electrons. The van der Waals surface area contributed by atoms with Gasteiger partial charge in [0.25, 0.3) is 0 Å². The number of hydrogen-bond donors (Lipinski definition) is 0. The first-order chi connectivity index (χ1) is 7.46. The Hall–Kier alpha value is -1.91. The van der Waals surface area contributed by atoms with E-state index in [0.29, 0.717) is 5.69 Å². The minimum Gasteiger partial charge on any atom is -0.271 e. The Morgan fingerprint density at radius 2 is 1.81 bits per heavy atom. The van der Waals surface area contributed by atoms with Gasteiger partial charge in [0, 0.05) is 11.2 Å². The van der Waals surface area contributed by atoms with Crippen LogP contribution in [0.15, 0.2) is 35.7 Å². The normalized spacial score (nSPS) is 10.7. The van der Waals surface area contributed by atoms with Gasteiger partial charge in [-0.3, -0.25) is 9.74 Å². The average Bonchev–Trinajstić information content (AvgIpc) is 2.17. The first-order valence-corrected chi connectivity index (χ1v) is 4.85. The van der Waals surface area contributed by atoms with E-state index in [1.807, 2.05) is 26.8 Å². The summed E-state index contributed by atoms with van der Waals surface area (Å²) < 4.78 is 0. The highest BCUT2D eigenvalue weighted by molar-refractivity contribution is 5.88. The highest BCUT2D eigenvalue weighted by atomic mass is 16.8. The lowest BCUT2D eigenvalue weighted by atomic mass is 10.1. The number of carbonyl (C=O) groups is 1. The van der Waals surface area contributed by atoms with Gasteiger partial charge in [0.15, 0.2) is 5.34 Å². The number of benzene rings is 1. The van der Waals surface area contributed by atoms with Crippen LogP contribution < -0.4 is 4.90 Å². The van der Waals surface area contributed by atoms with Crippen LogP contribution in [0.3, 0.4) is 0 Å². The molecular weight excluding hydrogens is 208 g/mol. The topological polar surface area (TPSA) is 59.0 Å². The second-order valence-electron chi connectivity index (χ2n) is 4.27. The van der Waals surface area contributed by atoms with E-state index in [2.05, 4.69) is 10.2 Å². The number of anilines is 1. The summed E-state index contributed by atoms with van der Waals surface area (Å²) in [7, 11) is 0. The Labute approximate surface area is 93.9 Å². The summed E-state index contributed by atoms with van der Waals surface area (Å²) in [6.45, 7) is 5.52. The summed E-state index contributed by atoms with van der Waals surface area (Å²) >= 11 is 0. The predicted octanol–water partition coefficient (Wildman–Crippen LogP) is 3.11. The van der Waals surface area contributed by atoms with Crippen molar-refractivity contribution in [1.82, 2.24) is 0 Å². The Morgan fingerprint density at radius 3 is 2.25 bits per heavy atom. The van der Waals surface area contributed by atoms with Crippen molar-refractivity contribution < 1.29 is 9.63 Å². The molecule has 0 saturated heterocycles. The number of para-hydroxylation sites is 1. The van der Waals surface area contributed by atoms with Gasteiger partial charge in [-0.1, -0.05) is 18.2 Å². The van der Waals surface area contributed by atoms with Crippen molar-refractivity contribution in [2.45, 2.75) is 26.3 Å². The second-order valence-corrected chi connectivity index (χ2v) is 4.27. The van der Waals surface area contributed by atoms with Gasteiger partial charge in [-0.05, 0) is 32.9 Å². The molecule has 0 bridgehead atoms. The zero-order valence-corrected chi connectivity index (χ0v) is 9.51. The van der Waals surface area contributed by atoms with E-state index in [-0.39, 0.29) is 0 Å². The van der Waals surface area contributed by atoms with Crippen LogP contribution in [-0.4, -0.2) is 11.6 Å². The van der Waals surface area contributed by atoms with Crippen LogP contribution in [0.25, 0.3) is 0 Å². The third kappa shape index (κ3) is 2.79. The number of rotatable bonds is 2. The standard InChI is InChI=1S/C11H14N2O3/c1-11(2,3)13(10(14)16-12-15)9-7-5-4-6-8-9/h4-8H,1-3H3. The number of amides is 1. The van der Waals surface area contributed by atoms with Gasteiger partial charge >= 0.3 is 6.09 Å². The molecule has 0 N–H and O–H groups in total. The smallest absolute Gasteiger partial charge is 0.271 e. The molecule has 0 atom stereocenters. The quantitative estimate of drug-likeness (QED) is 0.570. The maximum atomic E-state index is 11.6. The van der Waals surface area contributed by atoms with Gasteiger partial charge in [0.1, 0.15) is 0 Å². The minimum atomic E-state index is -0.784. The van der Waals surface area contributed by atoms with E-state index in [1.165, 1.54) is 4.90 Å². The van der Waals surface area contributed by atoms with E-state index < -0.39 is 11.6 Å². The van der Waals surface area contributed by atoms with Crippen molar-refractivity contribution in [3.63, 3.8) is 0 Å². The molecule has 0 heterocycles. The van der Waals surface area contributed by atoms with E-state index >= 15 is 0 Å². The fourth-order valence-electron chi connectivity index (χ4n) is 1.42. The Balaban J connectivity index is 3.07. The van der Waals surface area contributed by atoms with E-state index in [4.69, 9.17) is 0 Å². The van der Waals surface area contributed by atoms with Crippen LogP contribution in [0.4, 0.5) is 10.5 Å². The summed E-state index contributed by atoms with van der Waals surface area (Å²) in [6, 6.07) is 8.97. The van der Waals surface area contributed by atoms with Crippen LogP contribution in [0, 0.1) is 4.91 Å². The van der Waals surface area contributed by atoms with Crippen molar-refractivity contribution in [2.75, 3.05) is 4.90 Å². The minimum absolute atomic E-state index is 0.497. The fourth-order valence-corrected chi connectivity index (χ4v) is 1.42. The monoisotopic (exact) mass is 222 g/mol. The highest BCUT2D eigenvalue weighted by Gasteiger charge is 2.29. The van der Waals surface area contributed by atoms with Crippen molar-refractivity contribution >= 4 is 11.8 Å². The summed E-state index contributed by atoms with van der Waals surface area (Å²) in [4.78, 5) is 27.1. The van der Waals surface area contributed by atoms with E-state index in [9.17, 15) is 9.70 Å². The number of nitrogens with zero attached hydrogens (tertiary/aromatic N) is 2. The zero-order valence-electron chi connectivity index (χ0n) is 9.51. The first kappa shape index (κ1) is 12.2. The first-order valence-electron chi connectivity index (χ1n) is 4.85. The molecule has 0 aromatic heterocycles. The summed E-state index contributed by atoms with van der Waals surface area (Å²) in [5.41, 5.74) is 0.159. The van der Waals surface area contributed by atoms with Crippen LogP contribution in [-0.2, 0) is 4.84 Å². The molecule has 16 heavy (non-hydrogen) atoms. The summed E-state index contributed by atoms with van der Waals surface area (Å²) in [5.74, 6) is 0. The Bertz CT molecular complexity index is 371. The summed E-state index contributed by atoms with van der Waals surface area (Å²) in [6.07, 6.45) is -0.784. The maximum Gasteiger partial charge on any atom is 0.443 e. The average molecular weight is 222 g/mol. The van der Waals surface area contributed by atoms with Crippen LogP contribution in [0.1, 0.15) is 20.8 Å². The van der Waals surface area contributed by atoms with Crippen molar-refractivity contribution in [1.29, 1.82) is 0 Å². The molecule has 1 aromatic rings. The SMILES string of the molecule is CC(C)(C)N(C(=O)ON=O)c1ccccc1. The second kappa shape index (κ2) is 4.74. The van der Waals surface area contributed by atoms with Gasteiger partial charge in [0.05, 0.1) is 0 Å². The van der Waals surface area contributed by atoms with Gasteiger partial charge < -0.3 is 0 Å². The van der Waals surface area contributed by atoms with E-state index in [1.54, 1.807) is 24.3 Å². The molecule has 0 saturated carbocycles. The van der Waals surface area contributed by atoms with Crippen molar-refractivity contribution in [2.24, 2.45) is 5.34 Å². The molecule has 1 aromatic carbocycles. The van der Waals surface area contributed by atoms with Gasteiger partial charge in [-0.2, -0.15) is 0 Å². The Morgan fingerprint density at radius 1 is 1.25 bits per heavy atom. The largest absolute Gasteiger partial charge is 0.443 e. The molecular formula is C11H14N2O3. The molecule has 0 aliphatic carbocycles. The lowest BCUT2D eigenvalue weighted by Gasteiger charge is -2.33. The number of carbonyl (C=O) groups excluding carboxylic acids is 1. The molecule has 0 aliphatic heterocycles. The van der Waals surface area contributed by atoms with Crippen molar-refractivity contribution in [3.8, 4) is 0 Å². The van der Waals surface area contributed by atoms with Crippen LogP contribution in [0.5, 0.6) is 0 Å². The molecule has 0 unspecified atom stereocenters. The highest BCUT2D eigenvalue weighted by Crippen LogP contribution is 2.24. The fraction of sp³-hybridized carbons (Fsp3) is 0.364. The maximum absolute atomic E-state index is 11.6. The van der Waals surface area contributed by atoms with Gasteiger partial charge in [0.2, 0.25) is 0 Å². The number of hydrogen-bond acceptors (Lipinski definition) is 4. The molecule has 1 amide bonds. The lowest BCUT2D eigenvalue weighted by molar-refractivity contribution is 0.150. The van der Waals surface area contributed by atoms with Crippen molar-refractivity contribution in [3.05, 3.63) is 35.2 Å². The van der Waals surface area contributed by atoms with Crippen LogP contribution >= 0.6 is 0 Å². The molecule has 5 nitrogen and oxygen atoms in total. The van der Waals surface area contributed by atoms with Gasteiger partial charge in [-0.25, -0.2) is 4.79 Å². The Kier molecular flexibility index (Phi) is 3.60. The molecule has 0 radical (unpaired) electrons. The molecule has 1 rings (SSSR count). The third-order valence-corrected chi connectivity index (χ3v) is 1.98. The third-order valence-electron chi connectivity index (χ3n) is 1.98. The lowest BCUT2D eigenvalue weighted by Crippen LogP contribution is -2.45. The van der Waals surface area contributed by atoms with Gasteiger partial charge in [-0.15, -0.1) is 4.91 Å². The molecule has 0 aliphatic rings. The molecule has 0 fully saturated rings. The predicted molar refractivity (Wildman–Crippen MR) is 61.0 cm³/mol. The molecule has 5 heteroatoms. The molecule has 0 spiro atoms. The van der Waals surface area contributed by atoms with E-state index in [0.717, 1.165) is 0 Å². The summed E-state index contributed by atoms with van der Waals surface area (Å²) in [5, 5.41) is 2.15.